The summed E-state index contributed by atoms with van der Waals surface area (Å²) < 4.78 is 5.00. The fourth-order valence-electron chi connectivity index (χ4n) is 8.41. The minimum Gasteiger partial charge on any atom is -0.449 e. The second-order valence-corrected chi connectivity index (χ2v) is 11.2. The van der Waals surface area contributed by atoms with Crippen molar-refractivity contribution >= 4 is 11.8 Å². The van der Waals surface area contributed by atoms with Crippen molar-refractivity contribution in [3.63, 3.8) is 0 Å². The van der Waals surface area contributed by atoms with Crippen LogP contribution in [0.25, 0.3) is 0 Å². The Morgan fingerprint density at radius 1 is 1.26 bits per heavy atom. The van der Waals surface area contributed by atoms with E-state index in [1.807, 2.05) is 6.92 Å². The molecular weight excluding hydrogens is 388 g/mol. The van der Waals surface area contributed by atoms with E-state index < -0.39 is 6.09 Å². The third kappa shape index (κ3) is 3.75. The maximum Gasteiger partial charge on any atom is 0.427 e. The number of aliphatic hydroxyl groups is 1. The number of amides is 1. The van der Waals surface area contributed by atoms with Crippen molar-refractivity contribution in [2.75, 3.05) is 6.61 Å². The SMILES string of the molecule is CCOC(=O)N/N=C(/C)[C@@H]1[C@@H](CC)CC2C3CC=C4C[C@H](O)CC[C@@]4(C)C3CC[C@]21C. The van der Waals surface area contributed by atoms with Crippen LogP contribution in [0.5, 0.6) is 0 Å². The highest BCUT2D eigenvalue weighted by Crippen LogP contribution is 2.67. The minimum absolute atomic E-state index is 0.143. The van der Waals surface area contributed by atoms with Crippen molar-refractivity contribution in [1.29, 1.82) is 0 Å². The number of nitrogens with one attached hydrogen (secondary N) is 1. The van der Waals surface area contributed by atoms with E-state index in [1.165, 1.54) is 31.3 Å². The van der Waals surface area contributed by atoms with Gasteiger partial charge in [0, 0.05) is 11.6 Å². The van der Waals surface area contributed by atoms with Gasteiger partial charge in [0.25, 0.3) is 0 Å². The minimum atomic E-state index is -0.462. The average Bonchev–Trinajstić information content (AvgIpc) is 3.05. The Labute approximate surface area is 188 Å². The number of aliphatic hydroxyl groups excluding tert-OH is 1. The Bertz CT molecular complexity index is 762. The summed E-state index contributed by atoms with van der Waals surface area (Å²) >= 11 is 0. The highest BCUT2D eigenvalue weighted by Gasteiger charge is 2.61. The first-order valence-corrected chi connectivity index (χ1v) is 12.6. The highest BCUT2D eigenvalue weighted by atomic mass is 16.5. The molecule has 4 aliphatic carbocycles. The van der Waals surface area contributed by atoms with Crippen molar-refractivity contribution in [3.8, 4) is 0 Å². The van der Waals surface area contributed by atoms with Gasteiger partial charge in [-0.3, -0.25) is 0 Å². The fraction of sp³-hybridized carbons (Fsp3) is 0.846. The van der Waals surface area contributed by atoms with Crippen LogP contribution in [0.4, 0.5) is 4.79 Å². The summed E-state index contributed by atoms with van der Waals surface area (Å²) in [5.41, 5.74) is 5.72. The van der Waals surface area contributed by atoms with Crippen molar-refractivity contribution in [2.45, 2.75) is 92.1 Å². The first-order chi connectivity index (χ1) is 14.7. The highest BCUT2D eigenvalue weighted by molar-refractivity contribution is 5.86. The zero-order valence-electron chi connectivity index (χ0n) is 20.1. The topological polar surface area (TPSA) is 70.9 Å². The molecular formula is C26H42N2O3. The van der Waals surface area contributed by atoms with Crippen molar-refractivity contribution < 1.29 is 14.6 Å². The molecule has 4 aliphatic rings. The zero-order valence-corrected chi connectivity index (χ0v) is 20.1. The smallest absolute Gasteiger partial charge is 0.427 e. The average molecular weight is 431 g/mol. The number of hydrogen-bond acceptors (Lipinski definition) is 4. The molecule has 8 atom stereocenters. The molecule has 0 aromatic heterocycles. The van der Waals surface area contributed by atoms with Gasteiger partial charge < -0.3 is 9.84 Å². The maximum atomic E-state index is 11.8. The molecule has 5 heteroatoms. The van der Waals surface area contributed by atoms with E-state index in [9.17, 15) is 9.90 Å². The molecule has 2 N–H and O–H groups in total. The molecule has 3 saturated carbocycles. The van der Waals surface area contributed by atoms with Gasteiger partial charge in [-0.1, -0.05) is 38.8 Å². The molecule has 174 valence electrons. The predicted molar refractivity (Wildman–Crippen MR) is 124 cm³/mol. The standard InChI is InChI=1S/C26H42N2O3/c1-6-17-14-22-20-9-8-18-15-19(29)10-12-25(18,4)21(20)11-13-26(22,5)23(17)16(3)27-28-24(30)31-7-2/h8,17,19-23,29H,6-7,9-15H2,1-5H3,(H,28,30)/b27-16-/t17-,19+,20?,21?,22?,23+,25+,26+/m0/s1. The summed E-state index contributed by atoms with van der Waals surface area (Å²) in [5, 5.41) is 14.7. The molecule has 0 radical (unpaired) electrons. The summed E-state index contributed by atoms with van der Waals surface area (Å²) in [6, 6.07) is 0. The van der Waals surface area contributed by atoms with E-state index in [0.717, 1.165) is 43.2 Å². The number of fused-ring (bicyclic) bond motifs is 5. The number of carbonyl (C=O) groups is 1. The van der Waals surface area contributed by atoms with Gasteiger partial charge in [-0.15, -0.1) is 0 Å². The molecule has 0 spiro atoms. The molecule has 3 fully saturated rings. The monoisotopic (exact) mass is 430 g/mol. The van der Waals surface area contributed by atoms with Gasteiger partial charge in [-0.25, -0.2) is 10.2 Å². The molecule has 0 aromatic rings. The van der Waals surface area contributed by atoms with Gasteiger partial charge in [-0.05, 0) is 93.3 Å². The summed E-state index contributed by atoms with van der Waals surface area (Å²) in [5.74, 6) is 3.21. The van der Waals surface area contributed by atoms with E-state index in [4.69, 9.17) is 4.74 Å². The summed E-state index contributed by atoms with van der Waals surface area (Å²) in [6.45, 7) is 11.6. The van der Waals surface area contributed by atoms with Crippen LogP contribution in [-0.4, -0.2) is 29.6 Å². The third-order valence-corrected chi connectivity index (χ3v) is 9.83. The number of hydrogen-bond donors (Lipinski definition) is 2. The molecule has 0 aliphatic heterocycles. The number of hydrazone groups is 1. The lowest BCUT2D eigenvalue weighted by atomic mass is 9.47. The molecule has 4 rings (SSSR count). The third-order valence-electron chi connectivity index (χ3n) is 9.83. The zero-order chi connectivity index (χ0) is 22.4. The van der Waals surface area contributed by atoms with E-state index >= 15 is 0 Å². The van der Waals surface area contributed by atoms with E-state index in [-0.39, 0.29) is 16.9 Å². The first-order valence-electron chi connectivity index (χ1n) is 12.6. The van der Waals surface area contributed by atoms with E-state index in [1.54, 1.807) is 0 Å². The number of ether oxygens (including phenoxy) is 1. The van der Waals surface area contributed by atoms with Crippen molar-refractivity contribution in [3.05, 3.63) is 11.6 Å². The number of allylic oxidation sites excluding steroid dienone is 1. The van der Waals surface area contributed by atoms with Crippen LogP contribution in [0, 0.1) is 40.4 Å². The van der Waals surface area contributed by atoms with Gasteiger partial charge in [-0.2, -0.15) is 5.10 Å². The van der Waals surface area contributed by atoms with Crippen LogP contribution in [0.1, 0.15) is 86.0 Å². The Kier molecular flexibility index (Phi) is 6.28. The number of rotatable bonds is 4. The Morgan fingerprint density at radius 3 is 2.74 bits per heavy atom. The molecule has 3 unspecified atom stereocenters. The molecule has 0 aromatic carbocycles. The predicted octanol–water partition coefficient (Wildman–Crippen LogP) is 5.68. The van der Waals surface area contributed by atoms with Crippen LogP contribution >= 0.6 is 0 Å². The molecule has 31 heavy (non-hydrogen) atoms. The summed E-state index contributed by atoms with van der Waals surface area (Å²) in [7, 11) is 0. The van der Waals surface area contributed by atoms with Gasteiger partial charge in [0.1, 0.15) is 0 Å². The van der Waals surface area contributed by atoms with Crippen LogP contribution in [-0.2, 0) is 4.74 Å². The van der Waals surface area contributed by atoms with Crippen molar-refractivity contribution in [2.24, 2.45) is 45.5 Å². The molecule has 0 heterocycles. The van der Waals surface area contributed by atoms with Crippen LogP contribution in [0.15, 0.2) is 16.8 Å². The van der Waals surface area contributed by atoms with Crippen molar-refractivity contribution in [1.82, 2.24) is 5.43 Å². The Balaban J connectivity index is 1.60. The fourth-order valence-corrected chi connectivity index (χ4v) is 8.41. The lowest BCUT2D eigenvalue weighted by molar-refractivity contribution is -0.0425. The lowest BCUT2D eigenvalue weighted by Crippen LogP contribution is -2.51. The summed E-state index contributed by atoms with van der Waals surface area (Å²) in [4.78, 5) is 11.8. The first kappa shape index (κ1) is 22.8. The van der Waals surface area contributed by atoms with Crippen LogP contribution in [0.2, 0.25) is 0 Å². The largest absolute Gasteiger partial charge is 0.449 e. The summed E-state index contributed by atoms with van der Waals surface area (Å²) in [6.07, 6.45) is 11.0. The molecule has 1 amide bonds. The number of carbonyl (C=O) groups excluding carboxylic acids is 1. The van der Waals surface area contributed by atoms with E-state index in [0.29, 0.717) is 24.4 Å². The lowest BCUT2D eigenvalue weighted by Gasteiger charge is -2.58. The molecule has 0 bridgehead atoms. The van der Waals surface area contributed by atoms with Gasteiger partial charge >= 0.3 is 6.09 Å². The van der Waals surface area contributed by atoms with E-state index in [2.05, 4.69) is 44.3 Å². The van der Waals surface area contributed by atoms with Crippen LogP contribution in [0.3, 0.4) is 0 Å². The quantitative estimate of drug-likeness (QED) is 0.342. The molecule has 5 nitrogen and oxygen atoms in total. The maximum absolute atomic E-state index is 11.8. The van der Waals surface area contributed by atoms with Gasteiger partial charge in [0.15, 0.2) is 0 Å². The normalized spacial score (nSPS) is 44.6. The number of nitrogens with zero attached hydrogens (tertiary/aromatic N) is 1. The van der Waals surface area contributed by atoms with Gasteiger partial charge in [0.05, 0.1) is 12.7 Å². The van der Waals surface area contributed by atoms with Gasteiger partial charge in [0.2, 0.25) is 0 Å². The Morgan fingerprint density at radius 2 is 2.03 bits per heavy atom. The Hall–Kier alpha value is -1.36. The second kappa shape index (κ2) is 8.53. The van der Waals surface area contributed by atoms with Crippen LogP contribution < -0.4 is 5.43 Å². The molecule has 0 saturated heterocycles. The second-order valence-electron chi connectivity index (χ2n) is 11.2.